The Hall–Kier alpha value is -0.990. The summed E-state index contributed by atoms with van der Waals surface area (Å²) in [7, 11) is 0. The van der Waals surface area contributed by atoms with Gasteiger partial charge in [0.15, 0.2) is 0 Å². The van der Waals surface area contributed by atoms with Gasteiger partial charge in [0.1, 0.15) is 0 Å². The van der Waals surface area contributed by atoms with E-state index >= 15 is 0 Å². The number of ether oxygens (including phenoxy) is 1. The van der Waals surface area contributed by atoms with E-state index in [4.69, 9.17) is 4.74 Å². The first-order valence-electron chi connectivity index (χ1n) is 5.08. The largest absolute Gasteiger partial charge is 0.460 e. The van der Waals surface area contributed by atoms with Gasteiger partial charge in [-0.3, -0.25) is 0 Å². The van der Waals surface area contributed by atoms with E-state index in [1.54, 1.807) is 6.08 Å². The number of esters is 1. The molecule has 0 aromatic rings. The van der Waals surface area contributed by atoms with E-state index in [0.717, 1.165) is 18.5 Å². The standard InChI is InChI=1S/C11H19NO2/c1-8(2)14-10(13)7-9-5-6-11(3,4)12-9/h7-8,12H,5-6H2,1-4H3/b9-7+. The SMILES string of the molecule is CC(C)OC(=O)/C=C1\CCC(C)(C)N1. The summed E-state index contributed by atoms with van der Waals surface area (Å²) in [6, 6.07) is 0. The number of carbonyl (C=O) groups is 1. The monoisotopic (exact) mass is 197 g/mol. The molecule has 0 saturated carbocycles. The van der Waals surface area contributed by atoms with E-state index in [-0.39, 0.29) is 17.6 Å². The van der Waals surface area contributed by atoms with E-state index < -0.39 is 0 Å². The molecule has 1 saturated heterocycles. The maximum absolute atomic E-state index is 11.3. The summed E-state index contributed by atoms with van der Waals surface area (Å²) >= 11 is 0. The third-order valence-corrected chi connectivity index (χ3v) is 2.16. The molecule has 1 aliphatic heterocycles. The Bertz CT molecular complexity index is 254. The lowest BCUT2D eigenvalue weighted by atomic mass is 10.0. The molecule has 0 atom stereocenters. The summed E-state index contributed by atoms with van der Waals surface area (Å²) in [5, 5.41) is 3.29. The molecule has 0 aliphatic carbocycles. The van der Waals surface area contributed by atoms with Crippen molar-refractivity contribution in [3.8, 4) is 0 Å². The minimum Gasteiger partial charge on any atom is -0.460 e. The van der Waals surface area contributed by atoms with Gasteiger partial charge in [0.05, 0.1) is 6.10 Å². The van der Waals surface area contributed by atoms with Gasteiger partial charge >= 0.3 is 5.97 Å². The lowest BCUT2D eigenvalue weighted by Crippen LogP contribution is -2.31. The average Bonchev–Trinajstić information content (AvgIpc) is 2.27. The van der Waals surface area contributed by atoms with Gasteiger partial charge in [-0.25, -0.2) is 4.79 Å². The third kappa shape index (κ3) is 3.40. The number of carbonyl (C=O) groups excluding carboxylic acids is 1. The summed E-state index contributed by atoms with van der Waals surface area (Å²) in [6.07, 6.45) is 3.51. The first-order chi connectivity index (χ1) is 6.39. The van der Waals surface area contributed by atoms with Crippen LogP contribution in [-0.4, -0.2) is 17.6 Å². The molecule has 1 N–H and O–H groups in total. The summed E-state index contributed by atoms with van der Waals surface area (Å²) < 4.78 is 5.02. The van der Waals surface area contributed by atoms with Crippen LogP contribution in [0, 0.1) is 0 Å². The summed E-state index contributed by atoms with van der Waals surface area (Å²) in [4.78, 5) is 11.3. The maximum Gasteiger partial charge on any atom is 0.332 e. The van der Waals surface area contributed by atoms with Gasteiger partial charge in [-0.15, -0.1) is 0 Å². The van der Waals surface area contributed by atoms with E-state index in [1.165, 1.54) is 0 Å². The smallest absolute Gasteiger partial charge is 0.332 e. The van der Waals surface area contributed by atoms with Crippen molar-refractivity contribution >= 4 is 5.97 Å². The molecule has 0 unspecified atom stereocenters. The molecule has 1 fully saturated rings. The highest BCUT2D eigenvalue weighted by Crippen LogP contribution is 2.24. The minimum absolute atomic E-state index is 0.0474. The summed E-state index contributed by atoms with van der Waals surface area (Å²) in [5.74, 6) is -0.250. The van der Waals surface area contributed by atoms with Crippen molar-refractivity contribution in [2.45, 2.75) is 52.2 Å². The zero-order valence-electron chi connectivity index (χ0n) is 9.39. The first kappa shape index (κ1) is 11.1. The first-order valence-corrected chi connectivity index (χ1v) is 5.08. The van der Waals surface area contributed by atoms with Crippen molar-refractivity contribution in [2.24, 2.45) is 0 Å². The number of nitrogens with one attached hydrogen (secondary N) is 1. The van der Waals surface area contributed by atoms with E-state index in [0.29, 0.717) is 0 Å². The summed E-state index contributed by atoms with van der Waals surface area (Å²) in [5.41, 5.74) is 1.10. The van der Waals surface area contributed by atoms with Gasteiger partial charge < -0.3 is 10.1 Å². The maximum atomic E-state index is 11.3. The van der Waals surface area contributed by atoms with E-state index in [1.807, 2.05) is 13.8 Å². The van der Waals surface area contributed by atoms with Crippen molar-refractivity contribution in [3.63, 3.8) is 0 Å². The number of hydrogen-bond acceptors (Lipinski definition) is 3. The van der Waals surface area contributed by atoms with Crippen LogP contribution < -0.4 is 5.32 Å². The van der Waals surface area contributed by atoms with E-state index in [2.05, 4.69) is 19.2 Å². The highest BCUT2D eigenvalue weighted by atomic mass is 16.5. The van der Waals surface area contributed by atoms with Crippen LogP contribution in [0.15, 0.2) is 11.8 Å². The number of rotatable bonds is 2. The van der Waals surface area contributed by atoms with Crippen molar-refractivity contribution in [2.75, 3.05) is 0 Å². The molecular weight excluding hydrogens is 178 g/mol. The van der Waals surface area contributed by atoms with Crippen LogP contribution >= 0.6 is 0 Å². The fourth-order valence-electron chi connectivity index (χ4n) is 1.52. The fourth-order valence-corrected chi connectivity index (χ4v) is 1.52. The lowest BCUT2D eigenvalue weighted by molar-refractivity contribution is -0.141. The van der Waals surface area contributed by atoms with E-state index in [9.17, 15) is 4.79 Å². The molecule has 1 aliphatic rings. The molecule has 80 valence electrons. The molecule has 0 radical (unpaired) electrons. The van der Waals surface area contributed by atoms with Crippen LogP contribution in [0.25, 0.3) is 0 Å². The van der Waals surface area contributed by atoms with Crippen LogP contribution in [0.5, 0.6) is 0 Å². The predicted octanol–water partition coefficient (Wildman–Crippen LogP) is 1.98. The molecule has 3 nitrogen and oxygen atoms in total. The Labute approximate surface area is 85.5 Å². The number of allylic oxidation sites excluding steroid dienone is 1. The fraction of sp³-hybridized carbons (Fsp3) is 0.727. The molecule has 0 aromatic carbocycles. The van der Waals surface area contributed by atoms with Gasteiger partial charge in [-0.2, -0.15) is 0 Å². The van der Waals surface area contributed by atoms with Crippen molar-refractivity contribution in [1.82, 2.24) is 5.32 Å². The van der Waals surface area contributed by atoms with Gasteiger partial charge in [-0.05, 0) is 40.5 Å². The van der Waals surface area contributed by atoms with Crippen LogP contribution in [0.4, 0.5) is 0 Å². The molecule has 1 heterocycles. The zero-order valence-corrected chi connectivity index (χ0v) is 9.39. The summed E-state index contributed by atoms with van der Waals surface area (Å²) in [6.45, 7) is 7.95. The highest BCUT2D eigenvalue weighted by Gasteiger charge is 2.25. The van der Waals surface area contributed by atoms with Gasteiger partial charge in [0.25, 0.3) is 0 Å². The van der Waals surface area contributed by atoms with Gasteiger partial charge in [0, 0.05) is 17.3 Å². The Morgan fingerprint density at radius 3 is 2.64 bits per heavy atom. The molecule has 0 bridgehead atoms. The Balaban J connectivity index is 2.50. The Kier molecular flexibility index (Phi) is 3.19. The lowest BCUT2D eigenvalue weighted by Gasteiger charge is -2.17. The van der Waals surface area contributed by atoms with Crippen LogP contribution in [0.3, 0.4) is 0 Å². The van der Waals surface area contributed by atoms with Gasteiger partial charge in [-0.1, -0.05) is 0 Å². The second kappa shape index (κ2) is 4.03. The molecule has 0 aromatic heterocycles. The average molecular weight is 197 g/mol. The van der Waals surface area contributed by atoms with Crippen LogP contribution in [-0.2, 0) is 9.53 Å². The van der Waals surface area contributed by atoms with Crippen molar-refractivity contribution in [1.29, 1.82) is 0 Å². The molecule has 0 spiro atoms. The van der Waals surface area contributed by atoms with Crippen molar-refractivity contribution in [3.05, 3.63) is 11.8 Å². The topological polar surface area (TPSA) is 38.3 Å². The second-order valence-corrected chi connectivity index (χ2v) is 4.66. The van der Waals surface area contributed by atoms with Crippen LogP contribution in [0.1, 0.15) is 40.5 Å². The van der Waals surface area contributed by atoms with Crippen LogP contribution in [0.2, 0.25) is 0 Å². The zero-order chi connectivity index (χ0) is 10.8. The van der Waals surface area contributed by atoms with Crippen molar-refractivity contribution < 1.29 is 9.53 Å². The Morgan fingerprint density at radius 2 is 2.21 bits per heavy atom. The molecule has 0 amide bonds. The highest BCUT2D eigenvalue weighted by molar-refractivity contribution is 5.82. The van der Waals surface area contributed by atoms with Gasteiger partial charge in [0.2, 0.25) is 0 Å². The quantitative estimate of drug-likeness (QED) is 0.543. The second-order valence-electron chi connectivity index (χ2n) is 4.66. The molecular formula is C11H19NO2. The number of hydrogen-bond donors (Lipinski definition) is 1. The third-order valence-electron chi connectivity index (χ3n) is 2.16. The normalized spacial score (nSPS) is 22.5. The minimum atomic E-state index is -0.250. The molecule has 1 rings (SSSR count). The molecule has 14 heavy (non-hydrogen) atoms. The molecule has 3 heteroatoms. The predicted molar refractivity (Wildman–Crippen MR) is 55.8 cm³/mol. The Morgan fingerprint density at radius 1 is 1.57 bits per heavy atom.